The topological polar surface area (TPSA) is 105 Å². The van der Waals surface area contributed by atoms with Crippen molar-refractivity contribution in [3.63, 3.8) is 0 Å². The van der Waals surface area contributed by atoms with Crippen LogP contribution in [0.5, 0.6) is 0 Å². The lowest BCUT2D eigenvalue weighted by Crippen LogP contribution is -2.56. The molecular weight excluding hydrogens is 467 g/mol. The normalized spacial score (nSPS) is 32.1. The van der Waals surface area contributed by atoms with Crippen LogP contribution in [0, 0.1) is 11.8 Å². The second kappa shape index (κ2) is 8.61. The van der Waals surface area contributed by atoms with Crippen LogP contribution in [0.1, 0.15) is 44.1 Å². The molecule has 5 unspecified atom stereocenters. The number of nitrogens with one attached hydrogen (secondary N) is 2. The number of aldehydes is 1. The van der Waals surface area contributed by atoms with Crippen LogP contribution in [0.15, 0.2) is 24.3 Å². The van der Waals surface area contributed by atoms with Crippen LogP contribution < -0.4 is 10.6 Å². The number of carbonyl (C=O) groups is 4. The van der Waals surface area contributed by atoms with Crippen molar-refractivity contribution in [1.29, 1.82) is 0 Å². The van der Waals surface area contributed by atoms with E-state index in [4.69, 9.17) is 4.74 Å². The van der Waals surface area contributed by atoms with Crippen molar-refractivity contribution in [2.75, 3.05) is 11.9 Å². The van der Waals surface area contributed by atoms with Gasteiger partial charge in [0.05, 0.1) is 30.0 Å². The number of alkyl halides is 3. The Kier molecular flexibility index (Phi) is 5.85. The zero-order valence-corrected chi connectivity index (χ0v) is 18.8. The Bertz CT molecular complexity index is 1040. The summed E-state index contributed by atoms with van der Waals surface area (Å²) in [5.41, 5.74) is -1.90. The van der Waals surface area contributed by atoms with Crippen LogP contribution >= 0.6 is 0 Å². The molecule has 8 nitrogen and oxygen atoms in total. The van der Waals surface area contributed by atoms with Crippen molar-refractivity contribution < 1.29 is 37.1 Å². The fourth-order valence-corrected chi connectivity index (χ4v) is 6.35. The minimum atomic E-state index is -4.50. The Morgan fingerprint density at radius 1 is 1.11 bits per heavy atom. The number of benzene rings is 1. The van der Waals surface area contributed by atoms with Gasteiger partial charge in [0.25, 0.3) is 0 Å². The zero-order valence-electron chi connectivity index (χ0n) is 18.8. The third-order valence-corrected chi connectivity index (χ3v) is 7.80. The molecule has 3 amide bonds. The van der Waals surface area contributed by atoms with Crippen LogP contribution in [0.2, 0.25) is 0 Å². The summed E-state index contributed by atoms with van der Waals surface area (Å²) in [6, 6.07) is 3.02. The van der Waals surface area contributed by atoms with Crippen molar-refractivity contribution in [2.45, 2.75) is 68.5 Å². The predicted molar refractivity (Wildman–Crippen MR) is 116 cm³/mol. The average Bonchev–Trinajstić information content (AvgIpc) is 3.57. The first-order valence-corrected chi connectivity index (χ1v) is 11.9. The van der Waals surface area contributed by atoms with Crippen molar-refractivity contribution in [1.82, 2.24) is 10.2 Å². The summed E-state index contributed by atoms with van der Waals surface area (Å²) >= 11 is 0. The SMILES string of the molecule is O=CCN1C(=O)C2C(C(=O)Nc3ccc(C(F)(F)F)cc3)C3CCC2(O3)C1C(=O)NC1CCCC1. The van der Waals surface area contributed by atoms with E-state index in [0.29, 0.717) is 19.1 Å². The molecular formula is C24H26F3N3O5. The van der Waals surface area contributed by atoms with Gasteiger partial charge in [0.15, 0.2) is 0 Å². The first-order valence-electron chi connectivity index (χ1n) is 11.9. The lowest BCUT2D eigenvalue weighted by molar-refractivity contribution is -0.142. The molecule has 2 bridgehead atoms. The van der Waals surface area contributed by atoms with E-state index in [1.54, 1.807) is 0 Å². The first kappa shape index (κ1) is 23.8. The van der Waals surface area contributed by atoms with E-state index in [0.717, 1.165) is 49.9 Å². The van der Waals surface area contributed by atoms with Crippen LogP contribution in [0.4, 0.5) is 18.9 Å². The number of amides is 3. The Morgan fingerprint density at radius 2 is 1.80 bits per heavy atom. The molecule has 1 aromatic carbocycles. The van der Waals surface area contributed by atoms with Crippen LogP contribution in [0.3, 0.4) is 0 Å². The van der Waals surface area contributed by atoms with Gasteiger partial charge in [-0.25, -0.2) is 0 Å². The van der Waals surface area contributed by atoms with Gasteiger partial charge in [-0.15, -0.1) is 0 Å². The van der Waals surface area contributed by atoms with Gasteiger partial charge >= 0.3 is 6.18 Å². The summed E-state index contributed by atoms with van der Waals surface area (Å²) in [7, 11) is 0. The monoisotopic (exact) mass is 493 g/mol. The van der Waals surface area contributed by atoms with E-state index in [9.17, 15) is 32.3 Å². The maximum Gasteiger partial charge on any atom is 0.416 e. The fourth-order valence-electron chi connectivity index (χ4n) is 6.35. The summed E-state index contributed by atoms with van der Waals surface area (Å²) in [4.78, 5) is 52.6. The molecule has 1 spiro atoms. The Hall–Kier alpha value is -2.95. The van der Waals surface area contributed by atoms with E-state index in [2.05, 4.69) is 10.6 Å². The van der Waals surface area contributed by atoms with Crippen LogP contribution in [-0.4, -0.2) is 59.2 Å². The molecule has 2 N–H and O–H groups in total. The van der Waals surface area contributed by atoms with E-state index < -0.39 is 53.1 Å². The summed E-state index contributed by atoms with van der Waals surface area (Å²) in [5.74, 6) is -3.29. The Labute approximate surface area is 199 Å². The number of carbonyl (C=O) groups excluding carboxylic acids is 4. The standard InChI is InChI=1S/C24H26F3N3O5/c25-24(26,27)13-5-7-15(8-6-13)28-20(32)17-16-9-10-23(35-16)18(17)22(34)30(11-12-31)19(23)21(33)29-14-3-1-2-4-14/h5-8,12,14,16-19H,1-4,9-11H2,(H,28,32)(H,29,33). The molecule has 11 heteroatoms. The summed E-state index contributed by atoms with van der Waals surface area (Å²) in [6.45, 7) is -0.291. The molecule has 4 fully saturated rings. The highest BCUT2D eigenvalue weighted by molar-refractivity contribution is 6.02. The number of fused-ring (bicyclic) bond motifs is 1. The van der Waals surface area contributed by atoms with Crippen molar-refractivity contribution in [3.8, 4) is 0 Å². The maximum absolute atomic E-state index is 13.4. The third-order valence-electron chi connectivity index (χ3n) is 7.80. The maximum atomic E-state index is 13.4. The average molecular weight is 493 g/mol. The molecule has 5 atom stereocenters. The highest BCUT2D eigenvalue weighted by atomic mass is 19.4. The fraction of sp³-hybridized carbons (Fsp3) is 0.583. The molecule has 3 aliphatic heterocycles. The number of ether oxygens (including phenoxy) is 1. The molecule has 188 valence electrons. The summed E-state index contributed by atoms with van der Waals surface area (Å²) in [5, 5.41) is 5.60. The van der Waals surface area contributed by atoms with Gasteiger partial charge < -0.3 is 25.1 Å². The number of hydrogen-bond donors (Lipinski definition) is 2. The smallest absolute Gasteiger partial charge is 0.367 e. The van der Waals surface area contributed by atoms with E-state index in [-0.39, 0.29) is 24.2 Å². The molecule has 5 rings (SSSR count). The quantitative estimate of drug-likeness (QED) is 0.592. The number of halogens is 3. The molecule has 0 aromatic heterocycles. The van der Waals surface area contributed by atoms with Crippen molar-refractivity contribution >= 4 is 29.7 Å². The molecule has 1 saturated carbocycles. The largest absolute Gasteiger partial charge is 0.416 e. The van der Waals surface area contributed by atoms with Gasteiger partial charge in [0, 0.05) is 11.7 Å². The van der Waals surface area contributed by atoms with Gasteiger partial charge in [-0.05, 0) is 49.9 Å². The highest BCUT2D eigenvalue weighted by Crippen LogP contribution is 2.58. The van der Waals surface area contributed by atoms with E-state index in [1.807, 2.05) is 0 Å². The van der Waals surface area contributed by atoms with Crippen LogP contribution in [0.25, 0.3) is 0 Å². The van der Waals surface area contributed by atoms with Gasteiger partial charge in [-0.1, -0.05) is 12.8 Å². The minimum Gasteiger partial charge on any atom is -0.367 e. The molecule has 3 heterocycles. The number of hydrogen-bond acceptors (Lipinski definition) is 5. The second-order valence-electron chi connectivity index (χ2n) is 9.77. The van der Waals surface area contributed by atoms with Crippen molar-refractivity contribution in [2.24, 2.45) is 11.8 Å². The van der Waals surface area contributed by atoms with Crippen molar-refractivity contribution in [3.05, 3.63) is 29.8 Å². The van der Waals surface area contributed by atoms with Gasteiger partial charge in [-0.2, -0.15) is 13.2 Å². The van der Waals surface area contributed by atoms with Gasteiger partial charge in [0.1, 0.15) is 17.9 Å². The third kappa shape index (κ3) is 3.89. The lowest BCUT2D eigenvalue weighted by atomic mass is 9.70. The molecule has 1 aromatic rings. The summed E-state index contributed by atoms with van der Waals surface area (Å²) < 4.78 is 44.8. The predicted octanol–water partition coefficient (Wildman–Crippen LogP) is 2.28. The minimum absolute atomic E-state index is 0.00324. The Balaban J connectivity index is 1.39. The molecule has 35 heavy (non-hydrogen) atoms. The van der Waals surface area contributed by atoms with E-state index >= 15 is 0 Å². The molecule has 3 saturated heterocycles. The molecule has 0 radical (unpaired) electrons. The highest BCUT2D eigenvalue weighted by Gasteiger charge is 2.74. The number of anilines is 1. The number of rotatable bonds is 6. The lowest BCUT2D eigenvalue weighted by Gasteiger charge is -2.33. The van der Waals surface area contributed by atoms with Gasteiger partial charge in [0.2, 0.25) is 17.7 Å². The summed E-state index contributed by atoms with van der Waals surface area (Å²) in [6.07, 6.45) is 0.00734. The second-order valence-corrected chi connectivity index (χ2v) is 9.77. The van der Waals surface area contributed by atoms with E-state index in [1.165, 1.54) is 4.90 Å². The number of nitrogens with zero attached hydrogens (tertiary/aromatic N) is 1. The molecule has 4 aliphatic rings. The van der Waals surface area contributed by atoms with Crippen LogP contribution in [-0.2, 0) is 30.1 Å². The van der Waals surface area contributed by atoms with Gasteiger partial charge in [-0.3, -0.25) is 14.4 Å². The Morgan fingerprint density at radius 3 is 2.43 bits per heavy atom. The molecule has 1 aliphatic carbocycles. The first-order chi connectivity index (χ1) is 16.7. The zero-order chi connectivity index (χ0) is 25.0. The number of likely N-dealkylation sites (tertiary alicyclic amines) is 1.